The number of carboxylic acid groups (broad SMARTS) is 1. The Balaban J connectivity index is 1.77. The maximum atomic E-state index is 12.1. The molecule has 0 spiro atoms. The molecule has 2 aromatic heterocycles. The van der Waals surface area contributed by atoms with E-state index in [9.17, 15) is 14.7 Å². The van der Waals surface area contributed by atoms with E-state index in [0.29, 0.717) is 24.0 Å². The average molecular weight is 348 g/mol. The van der Waals surface area contributed by atoms with Gasteiger partial charge in [-0.1, -0.05) is 0 Å². The van der Waals surface area contributed by atoms with Crippen molar-refractivity contribution in [2.24, 2.45) is 0 Å². The maximum Gasteiger partial charge on any atom is 0.303 e. The van der Waals surface area contributed by atoms with Gasteiger partial charge in [-0.05, 0) is 12.8 Å². The van der Waals surface area contributed by atoms with Gasteiger partial charge in [-0.15, -0.1) is 0 Å². The van der Waals surface area contributed by atoms with E-state index in [1.54, 1.807) is 17.9 Å². The number of aliphatic carboxylic acids is 1. The molecule has 0 saturated heterocycles. The van der Waals surface area contributed by atoms with E-state index < -0.39 is 12.1 Å². The number of hydrogen-bond acceptors (Lipinski definition) is 7. The second-order valence-electron chi connectivity index (χ2n) is 6.18. The van der Waals surface area contributed by atoms with E-state index in [1.807, 2.05) is 0 Å². The van der Waals surface area contributed by atoms with Crippen LogP contribution in [0, 0.1) is 0 Å². The van der Waals surface area contributed by atoms with Crippen LogP contribution >= 0.6 is 0 Å². The molecular weight excluding hydrogens is 328 g/mol. The van der Waals surface area contributed by atoms with Gasteiger partial charge in [0.1, 0.15) is 11.8 Å². The van der Waals surface area contributed by atoms with Crippen LogP contribution in [0.15, 0.2) is 12.7 Å². The number of aromatic nitrogens is 4. The van der Waals surface area contributed by atoms with Crippen molar-refractivity contribution in [2.45, 2.75) is 43.9 Å². The van der Waals surface area contributed by atoms with E-state index in [-0.39, 0.29) is 36.7 Å². The molecule has 25 heavy (non-hydrogen) atoms. The Bertz CT molecular complexity index is 806. The second-order valence-corrected chi connectivity index (χ2v) is 6.18. The highest BCUT2D eigenvalue weighted by Gasteiger charge is 2.40. The summed E-state index contributed by atoms with van der Waals surface area (Å²) in [6, 6.07) is -0.679. The Morgan fingerprint density at radius 2 is 2.08 bits per heavy atom. The number of nitrogen functional groups attached to an aromatic ring is 1. The largest absolute Gasteiger partial charge is 0.481 e. The smallest absolute Gasteiger partial charge is 0.303 e. The summed E-state index contributed by atoms with van der Waals surface area (Å²) in [5.41, 5.74) is 6.80. The highest BCUT2D eigenvalue weighted by molar-refractivity contribution is 5.82. The van der Waals surface area contributed by atoms with Gasteiger partial charge in [-0.25, -0.2) is 15.0 Å². The predicted octanol–water partition coefficient (Wildman–Crippen LogP) is -0.204. The van der Waals surface area contributed by atoms with Crippen molar-refractivity contribution in [3.8, 4) is 0 Å². The SMILES string of the molecule is CN(C(=O)CCC(=O)O)[C@@H]1CC[C@H](n2cnc3c(N)ncnc32)[C@H]1O. The lowest BCUT2D eigenvalue weighted by atomic mass is 10.1. The van der Waals surface area contributed by atoms with Gasteiger partial charge in [0.2, 0.25) is 5.91 Å². The first-order valence-corrected chi connectivity index (χ1v) is 7.98. The van der Waals surface area contributed by atoms with Gasteiger partial charge >= 0.3 is 5.97 Å². The first-order valence-electron chi connectivity index (χ1n) is 7.98. The molecule has 10 heteroatoms. The molecule has 1 aliphatic rings. The minimum absolute atomic E-state index is 0.0858. The highest BCUT2D eigenvalue weighted by atomic mass is 16.4. The topological polar surface area (TPSA) is 147 Å². The molecule has 3 rings (SSSR count). The van der Waals surface area contributed by atoms with Crippen LogP contribution < -0.4 is 5.73 Å². The van der Waals surface area contributed by atoms with Gasteiger partial charge in [-0.2, -0.15) is 0 Å². The molecule has 2 heterocycles. The number of nitrogens with zero attached hydrogens (tertiary/aromatic N) is 5. The lowest BCUT2D eigenvalue weighted by Gasteiger charge is -2.29. The summed E-state index contributed by atoms with van der Waals surface area (Å²) in [5, 5.41) is 19.4. The molecule has 134 valence electrons. The van der Waals surface area contributed by atoms with Crippen LogP contribution in [0.5, 0.6) is 0 Å². The Labute approximate surface area is 143 Å². The number of fused-ring (bicyclic) bond motifs is 1. The lowest BCUT2D eigenvalue weighted by molar-refractivity contribution is -0.141. The molecule has 0 bridgehead atoms. The fourth-order valence-corrected chi connectivity index (χ4v) is 3.35. The minimum Gasteiger partial charge on any atom is -0.481 e. The number of carbonyl (C=O) groups is 2. The van der Waals surface area contributed by atoms with Crippen LogP contribution in [0.4, 0.5) is 5.82 Å². The van der Waals surface area contributed by atoms with Crippen LogP contribution in [0.2, 0.25) is 0 Å². The monoisotopic (exact) mass is 348 g/mol. The summed E-state index contributed by atoms with van der Waals surface area (Å²) >= 11 is 0. The van der Waals surface area contributed by atoms with Gasteiger partial charge < -0.3 is 25.4 Å². The van der Waals surface area contributed by atoms with E-state index in [2.05, 4.69) is 15.0 Å². The van der Waals surface area contributed by atoms with Crippen LogP contribution in [0.25, 0.3) is 11.2 Å². The number of imidazole rings is 1. The molecule has 1 fully saturated rings. The van der Waals surface area contributed by atoms with Crippen LogP contribution in [-0.2, 0) is 9.59 Å². The van der Waals surface area contributed by atoms with Crippen LogP contribution in [0.3, 0.4) is 0 Å². The number of amides is 1. The van der Waals surface area contributed by atoms with Crippen molar-refractivity contribution in [3.05, 3.63) is 12.7 Å². The first kappa shape index (κ1) is 17.1. The average Bonchev–Trinajstić information content (AvgIpc) is 3.16. The molecular formula is C15H20N6O4. The quantitative estimate of drug-likeness (QED) is 0.672. The molecule has 3 atom stereocenters. The normalized spacial score (nSPS) is 23.0. The van der Waals surface area contributed by atoms with Crippen molar-refractivity contribution in [2.75, 3.05) is 12.8 Å². The third kappa shape index (κ3) is 3.12. The van der Waals surface area contributed by atoms with Crippen molar-refractivity contribution < 1.29 is 19.8 Å². The highest BCUT2D eigenvalue weighted by Crippen LogP contribution is 2.35. The summed E-state index contributed by atoms with van der Waals surface area (Å²) in [6.07, 6.45) is 3.02. The lowest BCUT2D eigenvalue weighted by Crippen LogP contribution is -2.43. The Kier molecular flexibility index (Phi) is 4.53. The molecule has 10 nitrogen and oxygen atoms in total. The summed E-state index contributed by atoms with van der Waals surface area (Å²) in [5.74, 6) is -1.04. The standard InChI is InChI=1S/C15H20N6O4/c1-20(10(22)4-5-11(23)24)8-2-3-9(13(8)25)21-7-19-12-14(16)17-6-18-15(12)21/h6-9,13,25H,2-5H2,1H3,(H,23,24)(H2,16,17,18)/t8-,9+,13+/m1/s1. The second kappa shape index (κ2) is 6.63. The third-order valence-corrected chi connectivity index (χ3v) is 4.73. The Morgan fingerprint density at radius 1 is 1.32 bits per heavy atom. The third-order valence-electron chi connectivity index (χ3n) is 4.73. The first-order chi connectivity index (χ1) is 11.9. The zero-order valence-electron chi connectivity index (χ0n) is 13.7. The number of nitrogens with two attached hydrogens (primary N) is 1. The molecule has 4 N–H and O–H groups in total. The summed E-state index contributed by atoms with van der Waals surface area (Å²) in [4.78, 5) is 36.5. The molecule has 2 aromatic rings. The van der Waals surface area contributed by atoms with E-state index >= 15 is 0 Å². The summed E-state index contributed by atoms with van der Waals surface area (Å²) in [6.45, 7) is 0. The number of hydrogen-bond donors (Lipinski definition) is 3. The number of likely N-dealkylation sites (N-methyl/N-ethyl adjacent to an activating group) is 1. The van der Waals surface area contributed by atoms with Gasteiger partial charge in [-0.3, -0.25) is 9.59 Å². The van der Waals surface area contributed by atoms with Crippen LogP contribution in [0.1, 0.15) is 31.7 Å². The Morgan fingerprint density at radius 3 is 2.80 bits per heavy atom. The van der Waals surface area contributed by atoms with E-state index in [1.165, 1.54) is 11.2 Å². The van der Waals surface area contributed by atoms with Gasteiger partial charge in [0.15, 0.2) is 11.5 Å². The zero-order chi connectivity index (χ0) is 18.1. The number of carbonyl (C=O) groups excluding carboxylic acids is 1. The van der Waals surface area contributed by atoms with Gasteiger partial charge in [0, 0.05) is 13.5 Å². The molecule has 1 aliphatic carbocycles. The molecule has 1 amide bonds. The fourth-order valence-electron chi connectivity index (χ4n) is 3.35. The number of rotatable bonds is 5. The van der Waals surface area contributed by atoms with Crippen LogP contribution in [-0.4, -0.2) is 65.7 Å². The fraction of sp³-hybridized carbons (Fsp3) is 0.533. The van der Waals surface area contributed by atoms with Gasteiger partial charge in [0.05, 0.1) is 30.9 Å². The van der Waals surface area contributed by atoms with Crippen molar-refractivity contribution in [3.63, 3.8) is 0 Å². The number of carboxylic acids is 1. The molecule has 1 saturated carbocycles. The van der Waals surface area contributed by atoms with Crippen molar-refractivity contribution in [1.29, 1.82) is 0 Å². The van der Waals surface area contributed by atoms with Crippen molar-refractivity contribution >= 4 is 28.9 Å². The molecule has 0 aliphatic heterocycles. The van der Waals surface area contributed by atoms with Gasteiger partial charge in [0.25, 0.3) is 0 Å². The van der Waals surface area contributed by atoms with Crippen molar-refractivity contribution in [1.82, 2.24) is 24.4 Å². The molecule has 0 radical (unpaired) electrons. The number of anilines is 1. The predicted molar refractivity (Wildman–Crippen MR) is 87.4 cm³/mol. The van der Waals surface area contributed by atoms with E-state index in [4.69, 9.17) is 10.8 Å². The molecule has 0 unspecified atom stereocenters. The number of aliphatic hydroxyl groups is 1. The maximum absolute atomic E-state index is 12.1. The molecule has 0 aromatic carbocycles. The number of aliphatic hydroxyl groups excluding tert-OH is 1. The summed E-state index contributed by atoms with van der Waals surface area (Å²) in [7, 11) is 1.59. The minimum atomic E-state index is -1.02. The Hall–Kier alpha value is -2.75. The zero-order valence-corrected chi connectivity index (χ0v) is 13.7. The summed E-state index contributed by atoms with van der Waals surface area (Å²) < 4.78 is 1.76. The van der Waals surface area contributed by atoms with E-state index in [0.717, 1.165) is 0 Å².